The normalized spacial score (nSPS) is 12.7. The minimum atomic E-state index is 0.595. The molecule has 2 rings (SSSR count). The molecule has 0 radical (unpaired) electrons. The van der Waals surface area contributed by atoms with Gasteiger partial charge >= 0.3 is 0 Å². The van der Waals surface area contributed by atoms with Gasteiger partial charge in [0.15, 0.2) is 0 Å². The molecule has 102 valence electrons. The molecule has 19 heavy (non-hydrogen) atoms. The predicted octanol–water partition coefficient (Wildman–Crippen LogP) is 4.55. The summed E-state index contributed by atoms with van der Waals surface area (Å²) in [4.78, 5) is 0. The third-order valence-corrected chi connectivity index (χ3v) is 3.91. The van der Waals surface area contributed by atoms with E-state index in [0.717, 1.165) is 6.42 Å². The Morgan fingerprint density at radius 2 is 1.79 bits per heavy atom. The van der Waals surface area contributed by atoms with Gasteiger partial charge < -0.3 is 5.32 Å². The van der Waals surface area contributed by atoms with Crippen molar-refractivity contribution in [2.24, 2.45) is 0 Å². The minimum absolute atomic E-state index is 0.595. The molecule has 0 aromatic heterocycles. The van der Waals surface area contributed by atoms with Crippen LogP contribution < -0.4 is 5.32 Å². The zero-order valence-electron chi connectivity index (χ0n) is 12.2. The van der Waals surface area contributed by atoms with Gasteiger partial charge in [-0.3, -0.25) is 0 Å². The van der Waals surface area contributed by atoms with Crippen LogP contribution in [0.4, 0.5) is 0 Å². The van der Waals surface area contributed by atoms with E-state index in [1.807, 2.05) is 0 Å². The summed E-state index contributed by atoms with van der Waals surface area (Å²) in [5.74, 6) is 0. The van der Waals surface area contributed by atoms with Crippen LogP contribution in [0, 0.1) is 0 Å². The third-order valence-electron chi connectivity index (χ3n) is 3.91. The van der Waals surface area contributed by atoms with Crippen LogP contribution in [0.2, 0.25) is 0 Å². The van der Waals surface area contributed by atoms with Crippen molar-refractivity contribution in [1.82, 2.24) is 5.32 Å². The van der Waals surface area contributed by atoms with E-state index in [9.17, 15) is 0 Å². The van der Waals surface area contributed by atoms with Gasteiger partial charge in [-0.25, -0.2) is 0 Å². The molecule has 0 aliphatic carbocycles. The summed E-state index contributed by atoms with van der Waals surface area (Å²) in [7, 11) is 2.09. The van der Waals surface area contributed by atoms with E-state index in [1.54, 1.807) is 0 Å². The molecule has 0 spiro atoms. The fraction of sp³-hybridized carbons (Fsp3) is 0.444. The fourth-order valence-electron chi connectivity index (χ4n) is 2.73. The van der Waals surface area contributed by atoms with Crippen LogP contribution in [0.15, 0.2) is 42.5 Å². The lowest BCUT2D eigenvalue weighted by Gasteiger charge is -2.17. The quantitative estimate of drug-likeness (QED) is 0.716. The van der Waals surface area contributed by atoms with Crippen LogP contribution in [0.25, 0.3) is 10.8 Å². The highest BCUT2D eigenvalue weighted by atomic mass is 14.9. The van der Waals surface area contributed by atoms with Crippen molar-refractivity contribution in [2.75, 3.05) is 7.05 Å². The van der Waals surface area contributed by atoms with Gasteiger partial charge in [0, 0.05) is 6.04 Å². The maximum atomic E-state index is 3.47. The molecule has 2 aromatic rings. The van der Waals surface area contributed by atoms with Crippen molar-refractivity contribution in [1.29, 1.82) is 0 Å². The maximum Gasteiger partial charge on any atom is 0.0105 e. The summed E-state index contributed by atoms with van der Waals surface area (Å²) in [5, 5.41) is 6.23. The van der Waals surface area contributed by atoms with Crippen molar-refractivity contribution in [3.05, 3.63) is 48.0 Å². The first kappa shape index (κ1) is 14.1. The molecule has 0 aliphatic heterocycles. The molecule has 1 unspecified atom stereocenters. The largest absolute Gasteiger partial charge is 0.317 e. The lowest BCUT2D eigenvalue weighted by atomic mass is 9.96. The molecule has 0 aliphatic rings. The second-order valence-corrected chi connectivity index (χ2v) is 5.32. The molecule has 1 N–H and O–H groups in total. The SMILES string of the molecule is CCCCCC(Cc1cccc2ccccc12)NC. The highest BCUT2D eigenvalue weighted by Gasteiger charge is 2.09. The third kappa shape index (κ3) is 3.81. The summed E-state index contributed by atoms with van der Waals surface area (Å²) >= 11 is 0. The highest BCUT2D eigenvalue weighted by Crippen LogP contribution is 2.20. The fourth-order valence-corrected chi connectivity index (χ4v) is 2.73. The molecule has 0 fully saturated rings. The number of unbranched alkanes of at least 4 members (excludes halogenated alkanes) is 2. The van der Waals surface area contributed by atoms with Crippen LogP contribution in [0.5, 0.6) is 0 Å². The first-order valence-corrected chi connectivity index (χ1v) is 7.49. The average Bonchev–Trinajstić information content (AvgIpc) is 2.46. The van der Waals surface area contributed by atoms with E-state index < -0.39 is 0 Å². The van der Waals surface area contributed by atoms with E-state index in [1.165, 1.54) is 42.0 Å². The molecule has 2 aromatic carbocycles. The molecule has 0 saturated heterocycles. The lowest BCUT2D eigenvalue weighted by Crippen LogP contribution is -2.27. The average molecular weight is 255 g/mol. The second kappa shape index (κ2) is 7.30. The summed E-state index contributed by atoms with van der Waals surface area (Å²) in [5.41, 5.74) is 1.47. The Hall–Kier alpha value is -1.34. The lowest BCUT2D eigenvalue weighted by molar-refractivity contribution is 0.491. The molecule has 1 nitrogen and oxygen atoms in total. The molecular formula is C18H25N. The number of hydrogen-bond donors (Lipinski definition) is 1. The van der Waals surface area contributed by atoms with Gasteiger partial charge in [0.25, 0.3) is 0 Å². The molecule has 0 heterocycles. The van der Waals surface area contributed by atoms with E-state index in [2.05, 4.69) is 61.8 Å². The maximum absolute atomic E-state index is 3.47. The smallest absolute Gasteiger partial charge is 0.0105 e. The molecular weight excluding hydrogens is 230 g/mol. The zero-order valence-corrected chi connectivity index (χ0v) is 12.2. The zero-order chi connectivity index (χ0) is 13.5. The minimum Gasteiger partial charge on any atom is -0.317 e. The van der Waals surface area contributed by atoms with Gasteiger partial charge in [0.05, 0.1) is 0 Å². The first-order valence-electron chi connectivity index (χ1n) is 7.49. The van der Waals surface area contributed by atoms with Crippen molar-refractivity contribution < 1.29 is 0 Å². The first-order chi connectivity index (χ1) is 9.35. The van der Waals surface area contributed by atoms with E-state index in [0.29, 0.717) is 6.04 Å². The Morgan fingerprint density at radius 3 is 2.58 bits per heavy atom. The molecule has 1 atom stereocenters. The van der Waals surface area contributed by atoms with E-state index in [-0.39, 0.29) is 0 Å². The van der Waals surface area contributed by atoms with Gasteiger partial charge in [-0.2, -0.15) is 0 Å². The topological polar surface area (TPSA) is 12.0 Å². The van der Waals surface area contributed by atoms with Crippen molar-refractivity contribution >= 4 is 10.8 Å². The number of hydrogen-bond acceptors (Lipinski definition) is 1. The van der Waals surface area contributed by atoms with Gasteiger partial charge in [0.2, 0.25) is 0 Å². The van der Waals surface area contributed by atoms with E-state index >= 15 is 0 Å². The molecule has 0 bridgehead atoms. The number of likely N-dealkylation sites (N-methyl/N-ethyl adjacent to an activating group) is 1. The molecule has 1 heteroatoms. The summed E-state index contributed by atoms with van der Waals surface area (Å²) in [6.07, 6.45) is 6.36. The van der Waals surface area contributed by atoms with Crippen LogP contribution in [0.3, 0.4) is 0 Å². The Kier molecular flexibility index (Phi) is 5.41. The number of benzene rings is 2. The Labute approximate surface area is 117 Å². The summed E-state index contributed by atoms with van der Waals surface area (Å²) < 4.78 is 0. The monoisotopic (exact) mass is 255 g/mol. The highest BCUT2D eigenvalue weighted by molar-refractivity contribution is 5.85. The van der Waals surface area contributed by atoms with Gasteiger partial charge in [-0.15, -0.1) is 0 Å². The van der Waals surface area contributed by atoms with E-state index in [4.69, 9.17) is 0 Å². The van der Waals surface area contributed by atoms with Crippen molar-refractivity contribution in [3.63, 3.8) is 0 Å². The summed E-state index contributed by atoms with van der Waals surface area (Å²) in [6, 6.07) is 15.9. The number of nitrogens with one attached hydrogen (secondary N) is 1. The van der Waals surface area contributed by atoms with Crippen molar-refractivity contribution in [2.45, 2.75) is 45.1 Å². The predicted molar refractivity (Wildman–Crippen MR) is 84.6 cm³/mol. The van der Waals surface area contributed by atoms with Gasteiger partial charge in [0.1, 0.15) is 0 Å². The van der Waals surface area contributed by atoms with Gasteiger partial charge in [-0.05, 0) is 36.2 Å². The summed E-state index contributed by atoms with van der Waals surface area (Å²) in [6.45, 7) is 2.26. The molecule has 0 saturated carbocycles. The van der Waals surface area contributed by atoms with Gasteiger partial charge in [-0.1, -0.05) is 68.7 Å². The molecule has 0 amide bonds. The Bertz CT molecular complexity index is 499. The van der Waals surface area contributed by atoms with Crippen LogP contribution in [-0.2, 0) is 6.42 Å². The van der Waals surface area contributed by atoms with Crippen LogP contribution >= 0.6 is 0 Å². The number of rotatable bonds is 7. The van der Waals surface area contributed by atoms with Crippen LogP contribution in [-0.4, -0.2) is 13.1 Å². The second-order valence-electron chi connectivity index (χ2n) is 5.32. The standard InChI is InChI=1S/C18H25N/c1-3-4-5-12-17(19-2)14-16-11-8-10-15-9-6-7-13-18(15)16/h6-11,13,17,19H,3-5,12,14H2,1-2H3. The number of fused-ring (bicyclic) bond motifs is 1. The Balaban J connectivity index is 2.10. The van der Waals surface area contributed by atoms with Crippen molar-refractivity contribution in [3.8, 4) is 0 Å². The Morgan fingerprint density at radius 1 is 1.00 bits per heavy atom. The van der Waals surface area contributed by atoms with Crippen LogP contribution in [0.1, 0.15) is 38.2 Å².